The van der Waals surface area contributed by atoms with E-state index in [1.54, 1.807) is 42.7 Å². The maximum Gasteiger partial charge on any atom is 0.335 e. The summed E-state index contributed by atoms with van der Waals surface area (Å²) in [6, 6.07) is 15.2. The molecule has 3 aromatic heterocycles. The second kappa shape index (κ2) is 12.6. The molecule has 0 spiro atoms. The summed E-state index contributed by atoms with van der Waals surface area (Å²) in [5.74, 6) is 0.106. The number of piperidine rings is 1. The van der Waals surface area contributed by atoms with Crippen LogP contribution in [-0.2, 0) is 26.2 Å². The molecule has 224 valence electrons. The molecule has 5 aromatic rings. The number of hydrogen-bond acceptors (Lipinski definition) is 8. The third-order valence-electron chi connectivity index (χ3n) is 8.13. The van der Waals surface area contributed by atoms with Gasteiger partial charge in [-0.05, 0) is 75.2 Å². The summed E-state index contributed by atoms with van der Waals surface area (Å²) in [6.45, 7) is 5.42. The van der Waals surface area contributed by atoms with Gasteiger partial charge in [0.05, 0.1) is 53.2 Å². The molecule has 0 radical (unpaired) electrons. The number of benzene rings is 2. The number of aryl methyl sites for hydroxylation is 1. The van der Waals surface area contributed by atoms with E-state index < -0.39 is 11.8 Å². The Labute approximate surface area is 253 Å². The lowest BCUT2D eigenvalue weighted by Crippen LogP contribution is -2.33. The number of aromatic carboxylic acids is 1. The summed E-state index contributed by atoms with van der Waals surface area (Å²) in [6.07, 6.45) is 5.16. The number of likely N-dealkylation sites (tertiary alicyclic amines) is 1. The van der Waals surface area contributed by atoms with Gasteiger partial charge >= 0.3 is 5.97 Å². The van der Waals surface area contributed by atoms with Crippen molar-refractivity contribution < 1.29 is 19.0 Å². The van der Waals surface area contributed by atoms with Gasteiger partial charge in [-0.3, -0.25) is 4.90 Å². The Balaban J connectivity index is 1.17. The normalized spacial score (nSPS) is 14.1. The van der Waals surface area contributed by atoms with Crippen molar-refractivity contribution in [2.75, 3.05) is 13.1 Å². The van der Waals surface area contributed by atoms with Gasteiger partial charge in [-0.25, -0.2) is 23.8 Å². The molecular weight excluding hydrogens is 563 g/mol. The first-order chi connectivity index (χ1) is 21.4. The molecule has 1 saturated heterocycles. The van der Waals surface area contributed by atoms with Crippen LogP contribution < -0.4 is 4.74 Å². The van der Waals surface area contributed by atoms with Crippen LogP contribution >= 0.6 is 0 Å². The van der Waals surface area contributed by atoms with Crippen LogP contribution in [0.5, 0.6) is 5.88 Å². The molecule has 1 aliphatic heterocycles. The van der Waals surface area contributed by atoms with Gasteiger partial charge in [0.25, 0.3) is 0 Å². The van der Waals surface area contributed by atoms with Gasteiger partial charge in [-0.2, -0.15) is 5.26 Å². The van der Waals surface area contributed by atoms with Crippen LogP contribution in [0.3, 0.4) is 0 Å². The zero-order valence-electron chi connectivity index (χ0n) is 24.2. The fourth-order valence-electron chi connectivity index (χ4n) is 5.75. The summed E-state index contributed by atoms with van der Waals surface area (Å²) in [4.78, 5) is 23.4. The van der Waals surface area contributed by atoms with Crippen molar-refractivity contribution >= 4 is 17.0 Å². The summed E-state index contributed by atoms with van der Waals surface area (Å²) >= 11 is 0. The van der Waals surface area contributed by atoms with Gasteiger partial charge < -0.3 is 14.4 Å². The van der Waals surface area contributed by atoms with Gasteiger partial charge in [-0.1, -0.05) is 17.3 Å². The minimum Gasteiger partial charge on any atom is -0.478 e. The van der Waals surface area contributed by atoms with Crippen molar-refractivity contribution in [2.24, 2.45) is 0 Å². The highest BCUT2D eigenvalue weighted by Gasteiger charge is 2.26. The van der Waals surface area contributed by atoms with Crippen molar-refractivity contribution in [3.05, 3.63) is 101 Å². The number of aromatic nitrogens is 6. The Morgan fingerprint density at radius 2 is 2.00 bits per heavy atom. The van der Waals surface area contributed by atoms with Crippen molar-refractivity contribution in [3.8, 4) is 11.9 Å². The largest absolute Gasteiger partial charge is 0.478 e. The van der Waals surface area contributed by atoms with Crippen LogP contribution in [0.15, 0.2) is 60.9 Å². The van der Waals surface area contributed by atoms with Gasteiger partial charge in [0.1, 0.15) is 18.2 Å². The Bertz CT molecular complexity index is 1850. The van der Waals surface area contributed by atoms with Gasteiger partial charge in [0.2, 0.25) is 5.88 Å². The molecular formula is C32H31FN8O3. The maximum atomic E-state index is 14.4. The van der Waals surface area contributed by atoms with Gasteiger partial charge in [0, 0.05) is 23.9 Å². The van der Waals surface area contributed by atoms with E-state index in [-0.39, 0.29) is 23.7 Å². The Kier molecular flexibility index (Phi) is 8.29. The molecule has 0 aliphatic carbocycles. The van der Waals surface area contributed by atoms with E-state index in [9.17, 15) is 14.3 Å². The monoisotopic (exact) mass is 594 g/mol. The van der Waals surface area contributed by atoms with Crippen LogP contribution in [0.4, 0.5) is 4.39 Å². The highest BCUT2D eigenvalue weighted by Crippen LogP contribution is 2.34. The Hall–Kier alpha value is -5.15. The first-order valence-corrected chi connectivity index (χ1v) is 14.5. The van der Waals surface area contributed by atoms with Crippen LogP contribution in [0, 0.1) is 17.1 Å². The predicted octanol–water partition coefficient (Wildman–Crippen LogP) is 4.76. The summed E-state index contributed by atoms with van der Waals surface area (Å²) < 4.78 is 24.3. The molecule has 6 rings (SSSR count). The van der Waals surface area contributed by atoms with E-state index in [0.717, 1.165) is 54.0 Å². The fraction of sp³-hybridized carbons (Fsp3) is 0.312. The SMILES string of the molecule is CCn1nncc1Cn1c(CN2CCC(c3cccnc3OCc3ccc(C#N)cc3F)CC2)nc2ccc(C(=O)O)cc21. The molecule has 0 bridgehead atoms. The quantitative estimate of drug-likeness (QED) is 0.243. The molecule has 0 saturated carbocycles. The van der Waals surface area contributed by atoms with Crippen molar-refractivity contribution in [1.29, 1.82) is 5.26 Å². The molecule has 1 fully saturated rings. The molecule has 12 heteroatoms. The molecule has 11 nitrogen and oxygen atoms in total. The van der Waals surface area contributed by atoms with E-state index in [1.165, 1.54) is 6.07 Å². The maximum absolute atomic E-state index is 14.4. The number of pyridine rings is 1. The summed E-state index contributed by atoms with van der Waals surface area (Å²) in [7, 11) is 0. The summed E-state index contributed by atoms with van der Waals surface area (Å²) in [5.41, 5.74) is 4.26. The van der Waals surface area contributed by atoms with Crippen LogP contribution in [0.25, 0.3) is 11.0 Å². The Morgan fingerprint density at radius 1 is 1.16 bits per heavy atom. The lowest BCUT2D eigenvalue weighted by Gasteiger charge is -2.32. The number of imidazole rings is 1. The third kappa shape index (κ3) is 6.00. The van der Waals surface area contributed by atoms with Crippen LogP contribution in [0.2, 0.25) is 0 Å². The third-order valence-corrected chi connectivity index (χ3v) is 8.13. The topological polar surface area (TPSA) is 135 Å². The molecule has 1 N–H and O–H groups in total. The van der Waals surface area contributed by atoms with Crippen molar-refractivity contribution in [1.82, 2.24) is 34.4 Å². The number of carboxylic acids is 1. The number of nitriles is 1. The second-order valence-electron chi connectivity index (χ2n) is 10.8. The fourth-order valence-corrected chi connectivity index (χ4v) is 5.75. The molecule has 1 aliphatic rings. The van der Waals surface area contributed by atoms with Crippen LogP contribution in [0.1, 0.15) is 64.2 Å². The highest BCUT2D eigenvalue weighted by molar-refractivity contribution is 5.92. The number of rotatable bonds is 10. The number of carboxylic acid groups (broad SMARTS) is 1. The second-order valence-corrected chi connectivity index (χ2v) is 10.8. The molecule has 4 heterocycles. The zero-order valence-corrected chi connectivity index (χ0v) is 24.2. The number of ether oxygens (including phenoxy) is 1. The molecule has 2 aromatic carbocycles. The summed E-state index contributed by atoms with van der Waals surface area (Å²) in [5, 5.41) is 26.8. The smallest absolute Gasteiger partial charge is 0.335 e. The van der Waals surface area contributed by atoms with Gasteiger partial charge in [-0.15, -0.1) is 5.10 Å². The zero-order chi connectivity index (χ0) is 30.6. The molecule has 0 atom stereocenters. The van der Waals surface area contributed by atoms with E-state index in [4.69, 9.17) is 15.0 Å². The minimum atomic E-state index is -0.982. The van der Waals surface area contributed by atoms with Crippen molar-refractivity contribution in [2.45, 2.75) is 51.9 Å². The molecule has 0 unspecified atom stereocenters. The van der Waals surface area contributed by atoms with Gasteiger partial charge in [0.15, 0.2) is 0 Å². The first kappa shape index (κ1) is 28.9. The number of halogens is 1. The minimum absolute atomic E-state index is 0.0205. The predicted molar refractivity (Wildman–Crippen MR) is 158 cm³/mol. The van der Waals surface area contributed by atoms with E-state index in [1.807, 2.05) is 29.8 Å². The number of fused-ring (bicyclic) bond motifs is 1. The molecule has 0 amide bonds. The number of hydrogen-bond donors (Lipinski definition) is 1. The average Bonchev–Trinajstić information content (AvgIpc) is 3.64. The lowest BCUT2D eigenvalue weighted by molar-refractivity contribution is 0.0697. The Morgan fingerprint density at radius 3 is 2.75 bits per heavy atom. The van der Waals surface area contributed by atoms with E-state index >= 15 is 0 Å². The lowest BCUT2D eigenvalue weighted by atomic mass is 9.90. The highest BCUT2D eigenvalue weighted by atomic mass is 19.1. The standard InChI is InChI=1S/C32H31FN8O3/c1-2-41-25(17-36-38-41)18-40-29-15-23(32(42)43)7-8-28(29)37-30(40)19-39-12-9-22(10-13-39)26-4-3-11-35-31(26)44-20-24-6-5-21(16-34)14-27(24)33/h3-8,11,14-15,17,22H,2,9-10,12-13,18-20H2,1H3,(H,42,43). The van der Waals surface area contributed by atoms with E-state index in [0.29, 0.717) is 31.1 Å². The molecule has 44 heavy (non-hydrogen) atoms. The number of carbonyl (C=O) groups is 1. The number of nitrogens with zero attached hydrogens (tertiary/aromatic N) is 8. The first-order valence-electron chi connectivity index (χ1n) is 14.5. The van der Waals surface area contributed by atoms with Crippen molar-refractivity contribution in [3.63, 3.8) is 0 Å². The average molecular weight is 595 g/mol. The van der Waals surface area contributed by atoms with E-state index in [2.05, 4.69) is 24.8 Å². The van der Waals surface area contributed by atoms with Crippen LogP contribution in [-0.4, -0.2) is 58.6 Å².